The third kappa shape index (κ3) is 2.97. The summed E-state index contributed by atoms with van der Waals surface area (Å²) in [7, 11) is 1.64. The van der Waals surface area contributed by atoms with E-state index in [1.807, 2.05) is 0 Å². The highest BCUT2D eigenvalue weighted by atomic mass is 16.4. The second kappa shape index (κ2) is 5.83. The Morgan fingerprint density at radius 1 is 1.14 bits per heavy atom. The highest BCUT2D eigenvalue weighted by Crippen LogP contribution is 2.21. The lowest BCUT2D eigenvalue weighted by molar-refractivity contribution is 0.0679. The molecule has 1 N–H and O–H groups in total. The van der Waals surface area contributed by atoms with E-state index >= 15 is 0 Å². The van der Waals surface area contributed by atoms with E-state index in [0.717, 1.165) is 5.56 Å². The summed E-state index contributed by atoms with van der Waals surface area (Å²) in [5, 5.41) is 9.37. The topological polar surface area (TPSA) is 70.8 Å². The molecule has 1 aromatic heterocycles. The van der Waals surface area contributed by atoms with Crippen LogP contribution in [0.5, 0.6) is 0 Å². The number of amides is 1. The number of carbonyl (C=O) groups excluding carboxylic acids is 1. The van der Waals surface area contributed by atoms with Crippen LogP contribution >= 0.6 is 0 Å². The van der Waals surface area contributed by atoms with Gasteiger partial charge in [0.05, 0.1) is 23.7 Å². The minimum atomic E-state index is -1.09. The first-order chi connectivity index (χ1) is 9.91. The summed E-state index contributed by atoms with van der Waals surface area (Å²) >= 11 is 0. The number of furan rings is 1. The zero-order valence-corrected chi connectivity index (χ0v) is 12.2. The summed E-state index contributed by atoms with van der Waals surface area (Å²) in [6.07, 6.45) is 3.10. The van der Waals surface area contributed by atoms with E-state index in [9.17, 15) is 14.7 Å². The number of hydrogen-bond acceptors (Lipinski definition) is 3. The number of benzene rings is 1. The fraction of sp³-hybridized carbons (Fsp3) is 0.250. The Labute approximate surface area is 122 Å². The summed E-state index contributed by atoms with van der Waals surface area (Å²) in [5.41, 5.74) is 2.40. The van der Waals surface area contributed by atoms with Crippen molar-refractivity contribution in [1.29, 1.82) is 0 Å². The van der Waals surface area contributed by atoms with Crippen LogP contribution in [0.1, 0.15) is 37.4 Å². The molecule has 0 saturated heterocycles. The van der Waals surface area contributed by atoms with Gasteiger partial charge in [0.1, 0.15) is 0 Å². The molecule has 1 aromatic carbocycles. The van der Waals surface area contributed by atoms with Crippen LogP contribution in [0, 0.1) is 13.8 Å². The molecule has 5 nitrogen and oxygen atoms in total. The fourth-order valence-electron chi connectivity index (χ4n) is 2.28. The monoisotopic (exact) mass is 287 g/mol. The quantitative estimate of drug-likeness (QED) is 0.938. The lowest BCUT2D eigenvalue weighted by Gasteiger charge is -2.19. The maximum Gasteiger partial charge on any atom is 0.336 e. The first-order valence-corrected chi connectivity index (χ1v) is 6.52. The average molecular weight is 287 g/mol. The molecule has 0 aliphatic carbocycles. The van der Waals surface area contributed by atoms with Crippen LogP contribution in [-0.2, 0) is 6.54 Å². The van der Waals surface area contributed by atoms with Crippen LogP contribution in [0.3, 0.4) is 0 Å². The molecule has 0 aliphatic rings. The van der Waals surface area contributed by atoms with Crippen LogP contribution in [0.2, 0.25) is 0 Å². The molecule has 0 unspecified atom stereocenters. The normalized spacial score (nSPS) is 10.4. The van der Waals surface area contributed by atoms with Gasteiger partial charge in [0.2, 0.25) is 0 Å². The van der Waals surface area contributed by atoms with Gasteiger partial charge in [0, 0.05) is 19.2 Å². The van der Waals surface area contributed by atoms with E-state index in [1.54, 1.807) is 45.4 Å². The van der Waals surface area contributed by atoms with Crippen molar-refractivity contribution in [3.05, 3.63) is 58.5 Å². The molecule has 0 atom stereocenters. The predicted molar refractivity (Wildman–Crippen MR) is 77.4 cm³/mol. The molecule has 0 aliphatic heterocycles. The fourth-order valence-corrected chi connectivity index (χ4v) is 2.28. The summed E-state index contributed by atoms with van der Waals surface area (Å²) in [6, 6.07) is 5.25. The van der Waals surface area contributed by atoms with Crippen molar-refractivity contribution < 1.29 is 19.1 Å². The molecule has 2 aromatic rings. The van der Waals surface area contributed by atoms with Crippen molar-refractivity contribution in [3.8, 4) is 0 Å². The molecule has 5 heteroatoms. The second-order valence-electron chi connectivity index (χ2n) is 5.05. The molecule has 110 valence electrons. The summed E-state index contributed by atoms with van der Waals surface area (Å²) in [5.74, 6) is -1.40. The molecule has 0 saturated carbocycles. The number of carboxylic acid groups (broad SMARTS) is 1. The number of aromatic carboxylic acids is 1. The molecule has 0 spiro atoms. The van der Waals surface area contributed by atoms with Crippen LogP contribution in [-0.4, -0.2) is 28.9 Å². The van der Waals surface area contributed by atoms with E-state index in [2.05, 4.69) is 0 Å². The third-order valence-electron chi connectivity index (χ3n) is 3.40. The van der Waals surface area contributed by atoms with Crippen LogP contribution in [0.15, 0.2) is 35.1 Å². The first kappa shape index (κ1) is 14.8. The lowest BCUT2D eigenvalue weighted by Crippen LogP contribution is -2.29. The van der Waals surface area contributed by atoms with Crippen molar-refractivity contribution in [2.75, 3.05) is 7.05 Å². The molecule has 0 bridgehead atoms. The smallest absolute Gasteiger partial charge is 0.336 e. The van der Waals surface area contributed by atoms with Gasteiger partial charge in [-0.1, -0.05) is 12.1 Å². The highest BCUT2D eigenvalue weighted by molar-refractivity contribution is 6.06. The molecular weight excluding hydrogens is 270 g/mol. The first-order valence-electron chi connectivity index (χ1n) is 6.52. The zero-order chi connectivity index (χ0) is 15.6. The van der Waals surface area contributed by atoms with Crippen LogP contribution in [0.4, 0.5) is 0 Å². The number of carbonyl (C=O) groups is 2. The number of aryl methyl sites for hydroxylation is 2. The van der Waals surface area contributed by atoms with E-state index in [1.165, 1.54) is 11.2 Å². The maximum atomic E-state index is 12.6. The number of nitrogens with zero attached hydrogens (tertiary/aromatic N) is 1. The highest BCUT2D eigenvalue weighted by Gasteiger charge is 2.23. The molecular formula is C16H17NO4. The Hall–Kier alpha value is -2.56. The van der Waals surface area contributed by atoms with Crippen LogP contribution < -0.4 is 0 Å². The standard InChI is InChI=1S/C16H17NO4/c1-10-4-5-11(2)14(16(19)20)13(10)15(18)17(3)8-12-6-7-21-9-12/h4-7,9H,8H2,1-3H3,(H,19,20). The SMILES string of the molecule is Cc1ccc(C)c(C(=O)N(C)Cc2ccoc2)c1C(=O)O. The van der Waals surface area contributed by atoms with Gasteiger partial charge in [-0.15, -0.1) is 0 Å². The Kier molecular flexibility index (Phi) is 4.12. The van der Waals surface area contributed by atoms with Gasteiger partial charge in [0.25, 0.3) is 5.91 Å². The molecule has 0 fully saturated rings. The predicted octanol–water partition coefficient (Wildman–Crippen LogP) is 2.87. The van der Waals surface area contributed by atoms with Crippen molar-refractivity contribution in [2.24, 2.45) is 0 Å². The number of carboxylic acids is 1. The molecule has 1 heterocycles. The van der Waals surface area contributed by atoms with Crippen molar-refractivity contribution in [1.82, 2.24) is 4.90 Å². The number of rotatable bonds is 4. The summed E-state index contributed by atoms with van der Waals surface area (Å²) < 4.78 is 4.97. The average Bonchev–Trinajstić information content (AvgIpc) is 2.92. The molecule has 0 radical (unpaired) electrons. The number of hydrogen-bond donors (Lipinski definition) is 1. The minimum Gasteiger partial charge on any atom is -0.478 e. The van der Waals surface area contributed by atoms with E-state index in [4.69, 9.17) is 4.42 Å². The second-order valence-corrected chi connectivity index (χ2v) is 5.05. The molecule has 1 amide bonds. The molecule has 2 rings (SSSR count). The van der Waals surface area contributed by atoms with Gasteiger partial charge in [-0.05, 0) is 31.0 Å². The Balaban J connectivity index is 2.38. The summed E-state index contributed by atoms with van der Waals surface area (Å²) in [6.45, 7) is 3.79. The maximum absolute atomic E-state index is 12.6. The third-order valence-corrected chi connectivity index (χ3v) is 3.40. The van der Waals surface area contributed by atoms with Gasteiger partial charge in [-0.3, -0.25) is 4.79 Å². The van der Waals surface area contributed by atoms with E-state index in [-0.39, 0.29) is 17.0 Å². The Morgan fingerprint density at radius 2 is 1.76 bits per heavy atom. The Morgan fingerprint density at radius 3 is 2.29 bits per heavy atom. The van der Waals surface area contributed by atoms with Gasteiger partial charge < -0.3 is 14.4 Å². The van der Waals surface area contributed by atoms with Gasteiger partial charge in [-0.25, -0.2) is 4.79 Å². The molecule has 21 heavy (non-hydrogen) atoms. The lowest BCUT2D eigenvalue weighted by atomic mass is 9.96. The van der Waals surface area contributed by atoms with E-state index in [0.29, 0.717) is 17.7 Å². The van der Waals surface area contributed by atoms with Gasteiger partial charge >= 0.3 is 5.97 Å². The van der Waals surface area contributed by atoms with Crippen molar-refractivity contribution >= 4 is 11.9 Å². The van der Waals surface area contributed by atoms with Crippen molar-refractivity contribution in [3.63, 3.8) is 0 Å². The minimum absolute atomic E-state index is 0.0686. The Bertz CT molecular complexity index is 674. The van der Waals surface area contributed by atoms with Gasteiger partial charge in [-0.2, -0.15) is 0 Å². The van der Waals surface area contributed by atoms with Crippen LogP contribution in [0.25, 0.3) is 0 Å². The largest absolute Gasteiger partial charge is 0.478 e. The van der Waals surface area contributed by atoms with E-state index < -0.39 is 5.97 Å². The zero-order valence-electron chi connectivity index (χ0n) is 12.2. The van der Waals surface area contributed by atoms with Crippen molar-refractivity contribution in [2.45, 2.75) is 20.4 Å². The van der Waals surface area contributed by atoms with Gasteiger partial charge in [0.15, 0.2) is 0 Å². The summed E-state index contributed by atoms with van der Waals surface area (Å²) in [4.78, 5) is 25.5.